The van der Waals surface area contributed by atoms with E-state index in [1.165, 1.54) is 0 Å². The molecule has 0 aliphatic rings. The van der Waals surface area contributed by atoms with Gasteiger partial charge in [0.15, 0.2) is 0 Å². The van der Waals surface area contributed by atoms with E-state index in [-0.39, 0.29) is 6.29 Å². The average molecular weight is 277 g/mol. The van der Waals surface area contributed by atoms with Crippen LogP contribution in [0, 0.1) is 0 Å². The smallest absolute Gasteiger partial charge is 0.344 e. The summed E-state index contributed by atoms with van der Waals surface area (Å²) < 4.78 is 11.3. The summed E-state index contributed by atoms with van der Waals surface area (Å²) in [6.07, 6.45) is -0.286. The third kappa shape index (κ3) is 4.52. The van der Waals surface area contributed by atoms with Gasteiger partial charge in [0.1, 0.15) is 6.29 Å². The predicted octanol–water partition coefficient (Wildman–Crippen LogP) is 2.83. The first-order valence-corrected chi connectivity index (χ1v) is 7.73. The minimum Gasteiger partial charge on any atom is -0.355 e. The third-order valence-electron chi connectivity index (χ3n) is 2.69. The lowest BCUT2D eigenvalue weighted by Crippen LogP contribution is -2.23. The molecule has 0 saturated heterocycles. The summed E-state index contributed by atoms with van der Waals surface area (Å²) >= 11 is 0. The third-order valence-corrected chi connectivity index (χ3v) is 3.40. The Labute approximate surface area is 112 Å². The van der Waals surface area contributed by atoms with Crippen LogP contribution in [0.2, 0.25) is 0 Å². The lowest BCUT2D eigenvalue weighted by atomic mass is 10.2. The van der Waals surface area contributed by atoms with E-state index >= 15 is 0 Å². The van der Waals surface area contributed by atoms with Gasteiger partial charge < -0.3 is 14.7 Å². The Morgan fingerprint density at radius 2 is 1.42 bits per heavy atom. The number of nitrogens with zero attached hydrogens (tertiary/aromatic N) is 1. The molecule has 0 atom stereocenters. The van der Waals surface area contributed by atoms with Gasteiger partial charge in [-0.3, -0.25) is 4.57 Å². The van der Waals surface area contributed by atoms with Gasteiger partial charge >= 0.3 is 7.60 Å². The van der Waals surface area contributed by atoms with Crippen LogP contribution in [-0.4, -0.2) is 16.1 Å². The second-order valence-corrected chi connectivity index (χ2v) is 5.94. The zero-order chi connectivity index (χ0) is 13.7. The minimum atomic E-state index is -4.10. The number of para-hydroxylation sites is 1. The van der Waals surface area contributed by atoms with Gasteiger partial charge in [-0.05, 0) is 17.7 Å². The van der Waals surface area contributed by atoms with Crippen molar-refractivity contribution in [1.82, 2.24) is 0 Å². The fourth-order valence-corrected chi connectivity index (χ4v) is 2.60. The fourth-order valence-electron chi connectivity index (χ4n) is 1.89. The molecule has 0 amide bonds. The van der Waals surface area contributed by atoms with Gasteiger partial charge in [0.25, 0.3) is 0 Å². The van der Waals surface area contributed by atoms with E-state index in [1.807, 2.05) is 60.7 Å². The maximum absolute atomic E-state index is 11.3. The molecule has 0 heterocycles. The number of hydrogen-bond donors (Lipinski definition) is 2. The molecule has 0 spiro atoms. The molecule has 0 aliphatic carbocycles. The molecule has 4 nitrogen and oxygen atoms in total. The van der Waals surface area contributed by atoms with Crippen molar-refractivity contribution in [3.8, 4) is 0 Å². The zero-order valence-electron chi connectivity index (χ0n) is 10.4. The molecule has 2 N–H and O–H groups in total. The molecule has 2 aromatic rings. The van der Waals surface area contributed by atoms with Gasteiger partial charge in [-0.2, -0.15) is 0 Å². The molecule has 0 fully saturated rings. The Morgan fingerprint density at radius 3 is 1.95 bits per heavy atom. The van der Waals surface area contributed by atoms with Crippen molar-refractivity contribution in [1.29, 1.82) is 0 Å². The van der Waals surface area contributed by atoms with Crippen molar-refractivity contribution in [2.75, 3.05) is 11.2 Å². The molecule has 0 bridgehead atoms. The Kier molecular flexibility index (Phi) is 4.38. The van der Waals surface area contributed by atoms with E-state index in [9.17, 15) is 14.4 Å². The van der Waals surface area contributed by atoms with Gasteiger partial charge in [0, 0.05) is 12.2 Å². The summed E-state index contributed by atoms with van der Waals surface area (Å²) in [7, 11) is -4.10. The van der Waals surface area contributed by atoms with Gasteiger partial charge in [-0.25, -0.2) is 0 Å². The highest BCUT2D eigenvalue weighted by Crippen LogP contribution is 2.37. The van der Waals surface area contributed by atoms with E-state index in [2.05, 4.69) is 0 Å². The molecule has 2 rings (SSSR count). The van der Waals surface area contributed by atoms with Crippen molar-refractivity contribution >= 4 is 13.3 Å². The molecule has 0 radical (unpaired) electrons. The summed E-state index contributed by atoms with van der Waals surface area (Å²) in [6, 6.07) is 18.9. The normalized spacial score (nSPS) is 11.3. The number of rotatable bonds is 5. The lowest BCUT2D eigenvalue weighted by Gasteiger charge is -2.25. The van der Waals surface area contributed by atoms with Gasteiger partial charge in [0.2, 0.25) is 0 Å². The molecule has 100 valence electrons. The van der Waals surface area contributed by atoms with Crippen LogP contribution in [0.4, 0.5) is 5.69 Å². The fraction of sp³-hybridized carbons (Fsp3) is 0.143. The average Bonchev–Trinajstić information content (AvgIpc) is 2.39. The lowest BCUT2D eigenvalue weighted by molar-refractivity contribution is 0.372. The Balaban J connectivity index is 2.22. The summed E-state index contributed by atoms with van der Waals surface area (Å²) in [5.41, 5.74) is 1.81. The maximum Gasteiger partial charge on any atom is 0.344 e. The number of benzene rings is 2. The summed E-state index contributed by atoms with van der Waals surface area (Å²) in [5, 5.41) is 0. The van der Waals surface area contributed by atoms with Crippen molar-refractivity contribution in [3.05, 3.63) is 66.2 Å². The summed E-state index contributed by atoms with van der Waals surface area (Å²) in [6.45, 7) is 0.468. The highest BCUT2D eigenvalue weighted by atomic mass is 31.2. The zero-order valence-corrected chi connectivity index (χ0v) is 11.3. The van der Waals surface area contributed by atoms with E-state index < -0.39 is 7.60 Å². The summed E-state index contributed by atoms with van der Waals surface area (Å²) in [5.74, 6) is 0. The minimum absolute atomic E-state index is 0.286. The first kappa shape index (κ1) is 13.8. The van der Waals surface area contributed by atoms with Crippen LogP contribution in [0.25, 0.3) is 0 Å². The Bertz CT molecular complexity index is 553. The first-order valence-electron chi connectivity index (χ1n) is 5.93. The predicted molar refractivity (Wildman–Crippen MR) is 76.0 cm³/mol. The van der Waals surface area contributed by atoms with E-state index in [1.54, 1.807) is 4.90 Å². The second-order valence-electron chi connectivity index (χ2n) is 4.33. The van der Waals surface area contributed by atoms with E-state index in [4.69, 9.17) is 0 Å². The molecular weight excluding hydrogens is 261 g/mol. The molecular formula is C14H16NO3P. The molecule has 0 saturated carbocycles. The standard InChI is InChI=1S/C14H16NO3P/c16-19(17,18)12-15(14-9-5-2-6-10-14)11-13-7-3-1-4-8-13/h1-10H,11-12H2,(H2,16,17,18). The van der Waals surface area contributed by atoms with Crippen LogP contribution >= 0.6 is 7.60 Å². The number of anilines is 1. The van der Waals surface area contributed by atoms with Crippen LogP contribution in [-0.2, 0) is 11.1 Å². The molecule has 19 heavy (non-hydrogen) atoms. The van der Waals surface area contributed by atoms with Crippen LogP contribution in [0.1, 0.15) is 5.56 Å². The monoisotopic (exact) mass is 277 g/mol. The highest BCUT2D eigenvalue weighted by Gasteiger charge is 2.19. The van der Waals surface area contributed by atoms with E-state index in [0.29, 0.717) is 6.54 Å². The van der Waals surface area contributed by atoms with Crippen molar-refractivity contribution < 1.29 is 14.4 Å². The Hall–Kier alpha value is -1.61. The number of hydrogen-bond acceptors (Lipinski definition) is 2. The van der Waals surface area contributed by atoms with Gasteiger partial charge in [-0.15, -0.1) is 0 Å². The molecule has 0 aliphatic heterocycles. The molecule has 2 aromatic carbocycles. The maximum atomic E-state index is 11.3. The van der Waals surface area contributed by atoms with Crippen LogP contribution in [0.3, 0.4) is 0 Å². The van der Waals surface area contributed by atoms with Crippen LogP contribution in [0.5, 0.6) is 0 Å². The van der Waals surface area contributed by atoms with Crippen LogP contribution in [0.15, 0.2) is 60.7 Å². The molecule has 0 aromatic heterocycles. The van der Waals surface area contributed by atoms with Crippen molar-refractivity contribution in [2.45, 2.75) is 6.54 Å². The SMILES string of the molecule is O=P(O)(O)CN(Cc1ccccc1)c1ccccc1. The van der Waals surface area contributed by atoms with Gasteiger partial charge in [-0.1, -0.05) is 48.5 Å². The van der Waals surface area contributed by atoms with Gasteiger partial charge in [0.05, 0.1) is 0 Å². The summed E-state index contributed by atoms with van der Waals surface area (Å²) in [4.78, 5) is 20.1. The van der Waals surface area contributed by atoms with Crippen LogP contribution < -0.4 is 4.90 Å². The first-order chi connectivity index (χ1) is 9.04. The Morgan fingerprint density at radius 1 is 0.895 bits per heavy atom. The quantitative estimate of drug-likeness (QED) is 0.825. The largest absolute Gasteiger partial charge is 0.355 e. The van der Waals surface area contributed by atoms with E-state index in [0.717, 1.165) is 11.3 Å². The topological polar surface area (TPSA) is 60.8 Å². The molecule has 0 unspecified atom stereocenters. The second kappa shape index (κ2) is 6.02. The van der Waals surface area contributed by atoms with Crippen molar-refractivity contribution in [3.63, 3.8) is 0 Å². The molecule has 5 heteroatoms. The van der Waals surface area contributed by atoms with Crippen molar-refractivity contribution in [2.24, 2.45) is 0 Å². The highest BCUT2D eigenvalue weighted by molar-refractivity contribution is 7.51.